The maximum Gasteiger partial charge on any atom is 0.344 e. The van der Waals surface area contributed by atoms with Crippen LogP contribution in [0.15, 0.2) is 57.1 Å². The minimum Gasteiger partial charge on any atom is -0.496 e. The minimum absolute atomic E-state index is 0.0480. The molecule has 0 aliphatic carbocycles. The van der Waals surface area contributed by atoms with Crippen LogP contribution in [0.3, 0.4) is 0 Å². The van der Waals surface area contributed by atoms with Gasteiger partial charge in [-0.15, -0.1) is 0 Å². The van der Waals surface area contributed by atoms with Crippen LogP contribution >= 0.6 is 0 Å². The van der Waals surface area contributed by atoms with Crippen LogP contribution in [0.1, 0.15) is 17.0 Å². The van der Waals surface area contributed by atoms with E-state index in [9.17, 15) is 10.1 Å². The van der Waals surface area contributed by atoms with Crippen molar-refractivity contribution >= 4 is 11.0 Å². The summed E-state index contributed by atoms with van der Waals surface area (Å²) in [5.41, 5.74) is 6.44. The molecule has 1 aliphatic rings. The number of nitrogens with zero attached hydrogens (tertiary/aromatic N) is 1. The minimum atomic E-state index is -0.921. The van der Waals surface area contributed by atoms with Gasteiger partial charge in [0, 0.05) is 17.7 Å². The lowest BCUT2D eigenvalue weighted by atomic mass is 9.82. The average Bonchev–Trinajstić information content (AvgIpc) is 2.77. The zero-order chi connectivity index (χ0) is 21.4. The highest BCUT2D eigenvalue weighted by atomic mass is 16.5. The molecule has 1 aliphatic heterocycles. The number of ether oxygens (including phenoxy) is 4. The molecule has 0 saturated carbocycles. The van der Waals surface area contributed by atoms with Gasteiger partial charge in [-0.05, 0) is 12.1 Å². The van der Waals surface area contributed by atoms with E-state index in [-0.39, 0.29) is 22.8 Å². The van der Waals surface area contributed by atoms with Crippen LogP contribution in [0.25, 0.3) is 11.0 Å². The molecule has 8 nitrogen and oxygen atoms in total. The van der Waals surface area contributed by atoms with Crippen molar-refractivity contribution < 1.29 is 23.4 Å². The Labute approximate surface area is 171 Å². The number of benzene rings is 2. The van der Waals surface area contributed by atoms with E-state index in [1.165, 1.54) is 21.3 Å². The van der Waals surface area contributed by atoms with E-state index in [2.05, 4.69) is 6.07 Å². The number of nitrogens with two attached hydrogens (primary N) is 1. The van der Waals surface area contributed by atoms with Gasteiger partial charge >= 0.3 is 5.63 Å². The van der Waals surface area contributed by atoms with Crippen molar-refractivity contribution in [2.24, 2.45) is 5.73 Å². The Morgan fingerprint density at radius 2 is 1.70 bits per heavy atom. The van der Waals surface area contributed by atoms with Crippen LogP contribution in [0.5, 0.6) is 23.0 Å². The van der Waals surface area contributed by atoms with Crippen molar-refractivity contribution in [2.45, 2.75) is 5.92 Å². The molecule has 1 atom stereocenters. The quantitative estimate of drug-likeness (QED) is 0.657. The van der Waals surface area contributed by atoms with Crippen LogP contribution in [-0.2, 0) is 0 Å². The molecule has 0 unspecified atom stereocenters. The largest absolute Gasteiger partial charge is 0.496 e. The molecule has 8 heteroatoms. The van der Waals surface area contributed by atoms with Gasteiger partial charge in [0.15, 0.2) is 5.75 Å². The Morgan fingerprint density at radius 1 is 1.03 bits per heavy atom. The molecule has 0 amide bonds. The molecule has 0 spiro atoms. The molecule has 1 aromatic heterocycles. The molecule has 2 heterocycles. The Balaban J connectivity index is 2.13. The number of allylic oxidation sites excluding steroid dienone is 1. The van der Waals surface area contributed by atoms with Crippen LogP contribution in [0.4, 0.5) is 0 Å². The average molecular weight is 406 g/mol. The van der Waals surface area contributed by atoms with E-state index in [1.807, 2.05) is 0 Å². The summed E-state index contributed by atoms with van der Waals surface area (Å²) < 4.78 is 27.7. The highest BCUT2D eigenvalue weighted by Gasteiger charge is 2.39. The van der Waals surface area contributed by atoms with Crippen molar-refractivity contribution in [3.05, 3.63) is 69.4 Å². The van der Waals surface area contributed by atoms with Gasteiger partial charge in [0.25, 0.3) is 0 Å². The van der Waals surface area contributed by atoms with E-state index in [4.69, 9.17) is 29.1 Å². The van der Waals surface area contributed by atoms with Gasteiger partial charge in [0.1, 0.15) is 34.5 Å². The summed E-state index contributed by atoms with van der Waals surface area (Å²) in [6.07, 6.45) is 0. The number of hydrogen-bond acceptors (Lipinski definition) is 8. The van der Waals surface area contributed by atoms with Gasteiger partial charge in [-0.3, -0.25) is 0 Å². The summed E-state index contributed by atoms with van der Waals surface area (Å²) in [5.74, 6) is 0.416. The zero-order valence-electron chi connectivity index (χ0n) is 16.5. The molecular weight excluding hydrogens is 388 g/mol. The smallest absolute Gasteiger partial charge is 0.344 e. The SMILES string of the molecule is COc1cc(OC)c([C@@H]2C(C#N)=C(N)Oc3c2c(=O)oc2ccccc32)c(OC)c1. The first-order valence-corrected chi connectivity index (χ1v) is 8.97. The normalized spacial score (nSPS) is 15.2. The molecule has 0 saturated heterocycles. The second-order valence-corrected chi connectivity index (χ2v) is 6.50. The maximum absolute atomic E-state index is 13.0. The lowest BCUT2D eigenvalue weighted by Crippen LogP contribution is -2.27. The first-order chi connectivity index (χ1) is 14.5. The van der Waals surface area contributed by atoms with Crippen molar-refractivity contribution in [3.63, 3.8) is 0 Å². The molecule has 2 N–H and O–H groups in total. The number of rotatable bonds is 4. The highest BCUT2D eigenvalue weighted by molar-refractivity contribution is 5.86. The van der Waals surface area contributed by atoms with Gasteiger partial charge in [-0.1, -0.05) is 12.1 Å². The molecule has 0 radical (unpaired) electrons. The number of para-hydroxylation sites is 1. The number of methoxy groups -OCH3 is 3. The standard InChI is InChI=1S/C22H18N2O6/c1-26-11-8-15(27-2)18(16(9-11)28-3)17-13(10-23)21(24)30-20-12-6-4-5-7-14(12)29-22(25)19(17)20/h4-9,17H,24H2,1-3H3/t17-/m0/s1. The molecule has 0 fully saturated rings. The van der Waals surface area contributed by atoms with Crippen molar-refractivity contribution in [1.82, 2.24) is 0 Å². The molecule has 0 bridgehead atoms. The van der Waals surface area contributed by atoms with E-state index < -0.39 is 11.5 Å². The Hall–Kier alpha value is -4.12. The van der Waals surface area contributed by atoms with Crippen LogP contribution in [0.2, 0.25) is 0 Å². The van der Waals surface area contributed by atoms with Crippen molar-refractivity contribution in [2.75, 3.05) is 21.3 Å². The number of nitriles is 1. The lowest BCUT2D eigenvalue weighted by Gasteiger charge is -2.28. The summed E-state index contributed by atoms with van der Waals surface area (Å²) in [5, 5.41) is 10.4. The molecule has 30 heavy (non-hydrogen) atoms. The van der Waals surface area contributed by atoms with Gasteiger partial charge in [-0.25, -0.2) is 4.79 Å². The van der Waals surface area contributed by atoms with Crippen LogP contribution in [-0.4, -0.2) is 21.3 Å². The zero-order valence-corrected chi connectivity index (χ0v) is 16.5. The van der Waals surface area contributed by atoms with Gasteiger partial charge in [0.05, 0.1) is 38.2 Å². The van der Waals surface area contributed by atoms with E-state index in [1.54, 1.807) is 36.4 Å². The molecule has 4 rings (SSSR count). The summed E-state index contributed by atoms with van der Waals surface area (Å²) in [4.78, 5) is 13.0. The Bertz CT molecular complexity index is 1260. The molecule has 3 aromatic rings. The van der Waals surface area contributed by atoms with E-state index in [0.29, 0.717) is 33.8 Å². The van der Waals surface area contributed by atoms with Crippen molar-refractivity contribution in [1.29, 1.82) is 5.26 Å². The Morgan fingerprint density at radius 3 is 2.30 bits per heavy atom. The van der Waals surface area contributed by atoms with Gasteiger partial charge < -0.3 is 29.1 Å². The second-order valence-electron chi connectivity index (χ2n) is 6.50. The predicted molar refractivity (Wildman–Crippen MR) is 108 cm³/mol. The first-order valence-electron chi connectivity index (χ1n) is 8.97. The fourth-order valence-corrected chi connectivity index (χ4v) is 3.67. The summed E-state index contributed by atoms with van der Waals surface area (Å²) in [7, 11) is 4.46. The first kappa shape index (κ1) is 19.2. The second kappa shape index (κ2) is 7.37. The summed E-state index contributed by atoms with van der Waals surface area (Å²) in [6.45, 7) is 0. The molecule has 152 valence electrons. The monoisotopic (exact) mass is 406 g/mol. The number of hydrogen-bond donors (Lipinski definition) is 1. The van der Waals surface area contributed by atoms with Gasteiger partial charge in [-0.2, -0.15) is 5.26 Å². The summed E-state index contributed by atoms with van der Waals surface area (Å²) in [6, 6.07) is 12.3. The fraction of sp³-hybridized carbons (Fsp3) is 0.182. The van der Waals surface area contributed by atoms with Gasteiger partial charge in [0.2, 0.25) is 5.88 Å². The maximum atomic E-state index is 13.0. The van der Waals surface area contributed by atoms with E-state index >= 15 is 0 Å². The van der Waals surface area contributed by atoms with Crippen molar-refractivity contribution in [3.8, 4) is 29.1 Å². The van der Waals surface area contributed by atoms with Crippen LogP contribution in [0, 0.1) is 11.3 Å². The third-order valence-electron chi connectivity index (χ3n) is 5.02. The predicted octanol–water partition coefficient (Wildman–Crippen LogP) is 3.04. The topological polar surface area (TPSA) is 117 Å². The molecule has 2 aromatic carbocycles. The Kier molecular flexibility index (Phi) is 4.72. The fourth-order valence-electron chi connectivity index (χ4n) is 3.67. The third-order valence-corrected chi connectivity index (χ3v) is 5.02. The highest BCUT2D eigenvalue weighted by Crippen LogP contribution is 2.49. The summed E-state index contributed by atoms with van der Waals surface area (Å²) >= 11 is 0. The van der Waals surface area contributed by atoms with Crippen LogP contribution < -0.4 is 30.3 Å². The molecular formula is C22H18N2O6. The number of fused-ring (bicyclic) bond motifs is 3. The lowest BCUT2D eigenvalue weighted by molar-refractivity contribution is 0.359. The van der Waals surface area contributed by atoms with E-state index in [0.717, 1.165) is 0 Å². The third kappa shape index (κ3) is 2.79.